The van der Waals surface area contributed by atoms with Crippen LogP contribution in [0, 0.1) is 0 Å². The minimum Gasteiger partial charge on any atom is -0.497 e. The zero-order valence-electron chi connectivity index (χ0n) is 17.8. The number of nitrogens with zero attached hydrogens (tertiary/aromatic N) is 2. The smallest absolute Gasteiger partial charge is 0.264 e. The number of methoxy groups -OCH3 is 1. The number of hydrogen-bond donors (Lipinski definition) is 0. The molecular formula is C25H24N2O4S. The molecule has 2 heterocycles. The molecule has 1 amide bonds. The molecule has 7 heteroatoms. The SMILES string of the molecule is COc1ccc2c(c1)CCCN2C(=O)c1cccc(S(=O)(=O)N2CCc3ccccc32)c1. The van der Waals surface area contributed by atoms with E-state index in [0.717, 1.165) is 35.4 Å². The van der Waals surface area contributed by atoms with Crippen molar-refractivity contribution in [3.05, 3.63) is 83.4 Å². The summed E-state index contributed by atoms with van der Waals surface area (Å²) in [5.41, 5.74) is 4.00. The number of para-hydroxylation sites is 1. The van der Waals surface area contributed by atoms with Crippen LogP contribution in [0.15, 0.2) is 71.6 Å². The van der Waals surface area contributed by atoms with E-state index in [1.165, 1.54) is 10.4 Å². The third-order valence-electron chi connectivity index (χ3n) is 6.16. The van der Waals surface area contributed by atoms with Crippen molar-refractivity contribution in [3.8, 4) is 5.75 Å². The summed E-state index contributed by atoms with van der Waals surface area (Å²) in [6.07, 6.45) is 2.40. The average molecular weight is 449 g/mol. The summed E-state index contributed by atoms with van der Waals surface area (Å²) in [5.74, 6) is 0.562. The molecule has 0 radical (unpaired) electrons. The molecule has 0 unspecified atom stereocenters. The zero-order chi connectivity index (χ0) is 22.3. The van der Waals surface area contributed by atoms with Gasteiger partial charge in [-0.2, -0.15) is 0 Å². The monoisotopic (exact) mass is 448 g/mol. The fourth-order valence-corrected chi connectivity index (χ4v) is 6.09. The van der Waals surface area contributed by atoms with E-state index in [9.17, 15) is 13.2 Å². The van der Waals surface area contributed by atoms with Crippen LogP contribution >= 0.6 is 0 Å². The predicted octanol–water partition coefficient (Wildman–Crippen LogP) is 4.04. The van der Waals surface area contributed by atoms with Crippen molar-refractivity contribution in [1.29, 1.82) is 0 Å². The van der Waals surface area contributed by atoms with Gasteiger partial charge >= 0.3 is 0 Å². The topological polar surface area (TPSA) is 66.9 Å². The van der Waals surface area contributed by atoms with Crippen LogP contribution in [0.4, 0.5) is 11.4 Å². The van der Waals surface area contributed by atoms with Gasteiger partial charge in [-0.15, -0.1) is 0 Å². The summed E-state index contributed by atoms with van der Waals surface area (Å²) < 4.78 is 33.6. The van der Waals surface area contributed by atoms with Gasteiger partial charge in [-0.3, -0.25) is 9.10 Å². The van der Waals surface area contributed by atoms with Crippen molar-refractivity contribution in [2.75, 3.05) is 29.4 Å². The maximum atomic E-state index is 13.4. The number of aryl methyl sites for hydroxylation is 1. The Kier molecular flexibility index (Phi) is 5.13. The number of carbonyl (C=O) groups excluding carboxylic acids is 1. The van der Waals surface area contributed by atoms with Gasteiger partial charge in [0, 0.05) is 24.3 Å². The molecule has 0 aliphatic carbocycles. The van der Waals surface area contributed by atoms with Crippen molar-refractivity contribution in [2.45, 2.75) is 24.2 Å². The van der Waals surface area contributed by atoms with E-state index in [2.05, 4.69) is 0 Å². The molecule has 0 saturated carbocycles. The van der Waals surface area contributed by atoms with E-state index in [-0.39, 0.29) is 10.8 Å². The van der Waals surface area contributed by atoms with E-state index in [1.807, 2.05) is 42.5 Å². The van der Waals surface area contributed by atoms with Gasteiger partial charge in [0.05, 0.1) is 17.7 Å². The van der Waals surface area contributed by atoms with Crippen LogP contribution < -0.4 is 13.9 Å². The van der Waals surface area contributed by atoms with Gasteiger partial charge in [0.25, 0.3) is 15.9 Å². The third kappa shape index (κ3) is 3.42. The number of hydrogen-bond acceptors (Lipinski definition) is 4. The molecule has 0 saturated heterocycles. The van der Waals surface area contributed by atoms with E-state index in [1.54, 1.807) is 30.2 Å². The first kappa shape index (κ1) is 20.6. The number of sulfonamides is 1. The van der Waals surface area contributed by atoms with Crippen molar-refractivity contribution < 1.29 is 17.9 Å². The summed E-state index contributed by atoms with van der Waals surface area (Å²) in [7, 11) is -2.14. The summed E-state index contributed by atoms with van der Waals surface area (Å²) in [4.78, 5) is 15.3. The number of anilines is 2. The molecule has 3 aromatic rings. The first-order chi connectivity index (χ1) is 15.5. The van der Waals surface area contributed by atoms with Gasteiger partial charge in [-0.25, -0.2) is 8.42 Å². The number of ether oxygens (including phenoxy) is 1. The lowest BCUT2D eigenvalue weighted by Gasteiger charge is -2.30. The second kappa shape index (κ2) is 7.98. The van der Waals surface area contributed by atoms with Gasteiger partial charge in [0.15, 0.2) is 0 Å². The molecule has 164 valence electrons. The quantitative estimate of drug-likeness (QED) is 0.604. The Bertz CT molecular complexity index is 1300. The summed E-state index contributed by atoms with van der Waals surface area (Å²) in [6.45, 7) is 0.996. The molecule has 5 rings (SSSR count). The standard InChI is InChI=1S/C25H24N2O4S/c1-31-21-11-12-23-19(16-21)8-5-14-26(23)25(28)20-7-4-9-22(17-20)32(29,30)27-15-13-18-6-2-3-10-24(18)27/h2-4,6-7,9-12,16-17H,5,8,13-15H2,1H3. The molecule has 0 fully saturated rings. The highest BCUT2D eigenvalue weighted by molar-refractivity contribution is 7.92. The Labute approximate surface area is 188 Å². The fourth-order valence-electron chi connectivity index (χ4n) is 4.54. The molecule has 0 bridgehead atoms. The normalized spacial score (nSPS) is 15.3. The Morgan fingerprint density at radius 2 is 1.72 bits per heavy atom. The van der Waals surface area contributed by atoms with Crippen LogP contribution in [0.3, 0.4) is 0 Å². The highest BCUT2D eigenvalue weighted by atomic mass is 32.2. The Morgan fingerprint density at radius 3 is 2.56 bits per heavy atom. The Morgan fingerprint density at radius 1 is 0.875 bits per heavy atom. The largest absolute Gasteiger partial charge is 0.497 e. The van der Waals surface area contributed by atoms with Crippen molar-refractivity contribution in [3.63, 3.8) is 0 Å². The maximum absolute atomic E-state index is 13.4. The van der Waals surface area contributed by atoms with Crippen LogP contribution in [0.2, 0.25) is 0 Å². The molecule has 0 spiro atoms. The summed E-state index contributed by atoms with van der Waals surface area (Å²) >= 11 is 0. The second-order valence-electron chi connectivity index (χ2n) is 8.04. The van der Waals surface area contributed by atoms with Gasteiger partial charge in [-0.05, 0) is 72.9 Å². The van der Waals surface area contributed by atoms with Crippen LogP contribution in [-0.2, 0) is 22.9 Å². The van der Waals surface area contributed by atoms with E-state index >= 15 is 0 Å². The van der Waals surface area contributed by atoms with Crippen LogP contribution in [0.25, 0.3) is 0 Å². The molecule has 3 aromatic carbocycles. The summed E-state index contributed by atoms with van der Waals surface area (Å²) in [6, 6.07) is 19.6. The number of benzene rings is 3. The number of fused-ring (bicyclic) bond motifs is 2. The van der Waals surface area contributed by atoms with Crippen LogP contribution in [-0.4, -0.2) is 34.5 Å². The molecular weight excluding hydrogens is 424 g/mol. The Hall–Kier alpha value is -3.32. The molecule has 2 aliphatic heterocycles. The van der Waals surface area contributed by atoms with Gasteiger partial charge in [0.1, 0.15) is 5.75 Å². The lowest BCUT2D eigenvalue weighted by atomic mass is 10.0. The van der Waals surface area contributed by atoms with Crippen molar-refractivity contribution in [1.82, 2.24) is 0 Å². The fraction of sp³-hybridized carbons (Fsp3) is 0.240. The minimum atomic E-state index is -3.76. The Balaban J connectivity index is 1.47. The molecule has 32 heavy (non-hydrogen) atoms. The van der Waals surface area contributed by atoms with Crippen molar-refractivity contribution >= 4 is 27.3 Å². The van der Waals surface area contributed by atoms with Gasteiger partial charge < -0.3 is 9.64 Å². The molecule has 6 nitrogen and oxygen atoms in total. The van der Waals surface area contributed by atoms with E-state index in [4.69, 9.17) is 4.74 Å². The number of carbonyl (C=O) groups is 1. The lowest BCUT2D eigenvalue weighted by Crippen LogP contribution is -2.35. The second-order valence-corrected chi connectivity index (χ2v) is 9.90. The molecule has 0 aromatic heterocycles. The van der Waals surface area contributed by atoms with Crippen LogP contribution in [0.5, 0.6) is 5.75 Å². The lowest BCUT2D eigenvalue weighted by molar-refractivity contribution is 0.0985. The zero-order valence-corrected chi connectivity index (χ0v) is 18.6. The summed E-state index contributed by atoms with van der Waals surface area (Å²) in [5, 5.41) is 0. The third-order valence-corrected chi connectivity index (χ3v) is 7.97. The van der Waals surface area contributed by atoms with Crippen LogP contribution in [0.1, 0.15) is 27.9 Å². The van der Waals surface area contributed by atoms with E-state index in [0.29, 0.717) is 30.8 Å². The van der Waals surface area contributed by atoms with Crippen molar-refractivity contribution in [2.24, 2.45) is 0 Å². The molecule has 0 N–H and O–H groups in total. The molecule has 0 atom stereocenters. The number of amides is 1. The van der Waals surface area contributed by atoms with E-state index < -0.39 is 10.0 Å². The molecule has 2 aliphatic rings. The highest BCUT2D eigenvalue weighted by Crippen LogP contribution is 2.34. The average Bonchev–Trinajstić information content (AvgIpc) is 3.28. The predicted molar refractivity (Wildman–Crippen MR) is 124 cm³/mol. The first-order valence-electron chi connectivity index (χ1n) is 10.7. The number of rotatable bonds is 4. The highest BCUT2D eigenvalue weighted by Gasteiger charge is 2.31. The van der Waals surface area contributed by atoms with Gasteiger partial charge in [0.2, 0.25) is 0 Å². The first-order valence-corrected chi connectivity index (χ1v) is 12.1. The van der Waals surface area contributed by atoms with Gasteiger partial charge in [-0.1, -0.05) is 24.3 Å². The minimum absolute atomic E-state index is 0.131. The maximum Gasteiger partial charge on any atom is 0.264 e.